The highest BCUT2D eigenvalue weighted by atomic mass is 79.9. The van der Waals surface area contributed by atoms with Crippen molar-refractivity contribution in [2.75, 3.05) is 27.8 Å². The predicted octanol–water partition coefficient (Wildman–Crippen LogP) is 3.73. The number of methoxy groups -OCH3 is 2. The number of benzene rings is 1. The van der Waals surface area contributed by atoms with Crippen LogP contribution in [0.15, 0.2) is 22.2 Å². The van der Waals surface area contributed by atoms with Crippen LogP contribution in [0.1, 0.15) is 19.4 Å². The highest BCUT2D eigenvalue weighted by Gasteiger charge is 2.10. The van der Waals surface area contributed by atoms with Gasteiger partial charge in [-0.3, -0.25) is 0 Å². The topological polar surface area (TPSA) is 30.5 Å². The average Bonchev–Trinajstić information content (AvgIpc) is 2.39. The third-order valence-electron chi connectivity index (χ3n) is 2.97. The molecule has 0 aliphatic carbocycles. The first-order valence-electron chi connectivity index (χ1n) is 6.30. The van der Waals surface area contributed by atoms with Crippen molar-refractivity contribution in [2.45, 2.75) is 13.8 Å². The number of rotatable bonds is 6. The lowest BCUT2D eigenvalue weighted by Crippen LogP contribution is -2.13. The molecule has 0 saturated carbocycles. The van der Waals surface area contributed by atoms with Gasteiger partial charge in [-0.25, -0.2) is 0 Å². The number of hydrogen-bond acceptors (Lipinski definition) is 3. The van der Waals surface area contributed by atoms with Crippen LogP contribution in [0, 0.1) is 5.92 Å². The fourth-order valence-electron chi connectivity index (χ4n) is 1.81. The minimum atomic E-state index is 0.493. The molecule has 0 amide bonds. The van der Waals surface area contributed by atoms with Gasteiger partial charge in [0.15, 0.2) is 11.5 Å². The molecule has 1 aromatic carbocycles. The summed E-state index contributed by atoms with van der Waals surface area (Å²) in [6.45, 7) is 5.26. The Balaban J connectivity index is 3.22. The second-order valence-corrected chi connectivity index (χ2v) is 5.49. The molecule has 0 saturated heterocycles. The minimum absolute atomic E-state index is 0.493. The molecule has 1 N–H and O–H groups in total. The largest absolute Gasteiger partial charge is 0.493 e. The van der Waals surface area contributed by atoms with E-state index in [1.165, 1.54) is 5.57 Å². The maximum Gasteiger partial charge on any atom is 0.161 e. The first-order chi connectivity index (χ1) is 9.03. The van der Waals surface area contributed by atoms with Crippen LogP contribution < -0.4 is 14.8 Å². The van der Waals surface area contributed by atoms with Crippen LogP contribution in [0.5, 0.6) is 11.5 Å². The third-order valence-corrected chi connectivity index (χ3v) is 3.65. The number of likely N-dealkylation sites (N-methyl/N-ethyl adjacent to an activating group) is 1. The number of nitrogens with one attached hydrogen (secondary N) is 1. The molecule has 0 unspecified atom stereocenters. The maximum absolute atomic E-state index is 5.34. The first kappa shape index (κ1) is 16.1. The Morgan fingerprint density at radius 2 is 1.84 bits per heavy atom. The van der Waals surface area contributed by atoms with Gasteiger partial charge < -0.3 is 14.8 Å². The van der Waals surface area contributed by atoms with E-state index in [1.807, 2.05) is 19.2 Å². The zero-order valence-electron chi connectivity index (χ0n) is 12.2. The Hall–Kier alpha value is -1.00. The zero-order valence-corrected chi connectivity index (χ0v) is 13.8. The Bertz CT molecular complexity index is 456. The van der Waals surface area contributed by atoms with E-state index >= 15 is 0 Å². The Morgan fingerprint density at radius 1 is 1.26 bits per heavy atom. The van der Waals surface area contributed by atoms with Gasteiger partial charge in [-0.1, -0.05) is 41.4 Å². The summed E-state index contributed by atoms with van der Waals surface area (Å²) >= 11 is 3.58. The van der Waals surface area contributed by atoms with Crippen molar-refractivity contribution < 1.29 is 9.47 Å². The molecule has 0 atom stereocenters. The van der Waals surface area contributed by atoms with Crippen molar-refractivity contribution in [3.63, 3.8) is 0 Å². The van der Waals surface area contributed by atoms with Gasteiger partial charge in [0, 0.05) is 11.0 Å². The molecular weight excluding hydrogens is 306 g/mol. The molecule has 0 radical (unpaired) electrons. The van der Waals surface area contributed by atoms with Gasteiger partial charge in [0.05, 0.1) is 14.2 Å². The van der Waals surface area contributed by atoms with Gasteiger partial charge in [-0.2, -0.15) is 0 Å². The number of halogens is 1. The van der Waals surface area contributed by atoms with Crippen molar-refractivity contribution in [3.8, 4) is 11.5 Å². The normalized spacial score (nSPS) is 11.8. The van der Waals surface area contributed by atoms with Gasteiger partial charge in [0.1, 0.15) is 0 Å². The van der Waals surface area contributed by atoms with E-state index in [2.05, 4.69) is 41.2 Å². The van der Waals surface area contributed by atoms with Crippen LogP contribution in [-0.2, 0) is 0 Å². The highest BCUT2D eigenvalue weighted by molar-refractivity contribution is 9.10. The molecule has 0 fully saturated rings. The molecule has 0 bridgehead atoms. The van der Waals surface area contributed by atoms with E-state index < -0.39 is 0 Å². The second kappa shape index (κ2) is 7.56. The molecule has 1 rings (SSSR count). The van der Waals surface area contributed by atoms with E-state index in [4.69, 9.17) is 9.47 Å². The summed E-state index contributed by atoms with van der Waals surface area (Å²) in [7, 11) is 5.25. The van der Waals surface area contributed by atoms with E-state index in [0.717, 1.165) is 28.1 Å². The monoisotopic (exact) mass is 327 g/mol. The van der Waals surface area contributed by atoms with Crippen molar-refractivity contribution >= 4 is 22.0 Å². The fourth-order valence-corrected chi connectivity index (χ4v) is 2.24. The van der Waals surface area contributed by atoms with E-state index in [9.17, 15) is 0 Å². The molecule has 0 aromatic heterocycles. The first-order valence-corrected chi connectivity index (χ1v) is 7.09. The lowest BCUT2D eigenvalue weighted by molar-refractivity contribution is 0.354. The van der Waals surface area contributed by atoms with Crippen LogP contribution in [0.2, 0.25) is 0 Å². The summed E-state index contributed by atoms with van der Waals surface area (Å²) < 4.78 is 11.6. The molecule has 3 nitrogen and oxygen atoms in total. The summed E-state index contributed by atoms with van der Waals surface area (Å²) in [5.41, 5.74) is 2.44. The molecule has 4 heteroatoms. The van der Waals surface area contributed by atoms with E-state index in [1.54, 1.807) is 14.2 Å². The van der Waals surface area contributed by atoms with Gasteiger partial charge >= 0.3 is 0 Å². The van der Waals surface area contributed by atoms with Gasteiger partial charge in [0.25, 0.3) is 0 Å². The van der Waals surface area contributed by atoms with Crippen LogP contribution in [0.4, 0.5) is 0 Å². The maximum atomic E-state index is 5.34. The Kier molecular flexibility index (Phi) is 6.38. The molecule has 106 valence electrons. The van der Waals surface area contributed by atoms with Gasteiger partial charge in [0.2, 0.25) is 0 Å². The highest BCUT2D eigenvalue weighted by Crippen LogP contribution is 2.34. The molecule has 0 aliphatic rings. The summed E-state index contributed by atoms with van der Waals surface area (Å²) in [5, 5.41) is 3.20. The van der Waals surface area contributed by atoms with Crippen LogP contribution in [0.25, 0.3) is 6.08 Å². The van der Waals surface area contributed by atoms with E-state index in [-0.39, 0.29) is 0 Å². The second-order valence-electron chi connectivity index (χ2n) is 4.63. The molecule has 0 spiro atoms. The third kappa shape index (κ3) is 4.25. The Morgan fingerprint density at radius 3 is 2.32 bits per heavy atom. The smallest absolute Gasteiger partial charge is 0.161 e. The number of hydrogen-bond donors (Lipinski definition) is 1. The molecule has 0 heterocycles. The average molecular weight is 328 g/mol. The molecule has 19 heavy (non-hydrogen) atoms. The standard InChI is InChI=1S/C15H22BrNO2/c1-10(2)12(9-17-3)6-11-7-14(18-4)15(19-5)8-13(11)16/h6-8,10,17H,9H2,1-5H3. The predicted molar refractivity (Wildman–Crippen MR) is 84.0 cm³/mol. The summed E-state index contributed by atoms with van der Waals surface area (Å²) in [4.78, 5) is 0. The van der Waals surface area contributed by atoms with Crippen molar-refractivity contribution in [3.05, 3.63) is 27.7 Å². The van der Waals surface area contributed by atoms with Gasteiger partial charge in [-0.15, -0.1) is 0 Å². The minimum Gasteiger partial charge on any atom is -0.493 e. The summed E-state index contributed by atoms with van der Waals surface area (Å²) in [6, 6.07) is 3.92. The molecular formula is C15H22BrNO2. The Labute approximate surface area is 124 Å². The van der Waals surface area contributed by atoms with Crippen molar-refractivity contribution in [1.82, 2.24) is 5.32 Å². The lowest BCUT2D eigenvalue weighted by Gasteiger charge is -2.14. The van der Waals surface area contributed by atoms with Crippen LogP contribution in [0.3, 0.4) is 0 Å². The fraction of sp³-hybridized carbons (Fsp3) is 0.467. The quantitative estimate of drug-likeness (QED) is 0.863. The van der Waals surface area contributed by atoms with Crippen molar-refractivity contribution in [1.29, 1.82) is 0 Å². The summed E-state index contributed by atoms with van der Waals surface area (Å²) in [6.07, 6.45) is 2.19. The zero-order chi connectivity index (χ0) is 14.4. The SMILES string of the molecule is CNCC(=Cc1cc(OC)c(OC)cc1Br)C(C)C. The van der Waals surface area contributed by atoms with E-state index in [0.29, 0.717) is 5.92 Å². The van der Waals surface area contributed by atoms with Gasteiger partial charge in [-0.05, 0) is 30.7 Å². The van der Waals surface area contributed by atoms with Crippen molar-refractivity contribution in [2.24, 2.45) is 5.92 Å². The molecule has 0 aliphatic heterocycles. The lowest BCUT2D eigenvalue weighted by atomic mass is 10.00. The molecule has 1 aromatic rings. The van der Waals surface area contributed by atoms with Crippen LogP contribution >= 0.6 is 15.9 Å². The number of ether oxygens (including phenoxy) is 2. The summed E-state index contributed by atoms with van der Waals surface area (Å²) in [5.74, 6) is 1.96. The van der Waals surface area contributed by atoms with Crippen LogP contribution in [-0.4, -0.2) is 27.8 Å².